The van der Waals surface area contributed by atoms with Crippen molar-refractivity contribution < 1.29 is 4.74 Å². The quantitative estimate of drug-likeness (QED) is 0.845. The first-order chi connectivity index (χ1) is 8.08. The molecule has 0 bridgehead atoms. The number of anilines is 1. The third-order valence-corrected chi connectivity index (χ3v) is 3.06. The Kier molecular flexibility index (Phi) is 3.71. The minimum atomic E-state index is 0.153. The number of nitrogens with two attached hydrogens (primary N) is 1. The maximum Gasteiger partial charge on any atom is 0.247 e. The lowest BCUT2D eigenvalue weighted by molar-refractivity contribution is 0.461. The summed E-state index contributed by atoms with van der Waals surface area (Å²) in [6.45, 7) is 0. The van der Waals surface area contributed by atoms with Crippen molar-refractivity contribution >= 4 is 44.8 Å². The van der Waals surface area contributed by atoms with Crippen LogP contribution >= 0.6 is 39.1 Å². The van der Waals surface area contributed by atoms with E-state index in [4.69, 9.17) is 33.7 Å². The summed E-state index contributed by atoms with van der Waals surface area (Å²) in [5, 5.41) is 0.748. The lowest BCUT2D eigenvalue weighted by Gasteiger charge is -2.09. The first-order valence-electron chi connectivity index (χ1n) is 4.47. The van der Waals surface area contributed by atoms with Crippen molar-refractivity contribution in [2.75, 3.05) is 5.73 Å². The van der Waals surface area contributed by atoms with E-state index in [1.54, 1.807) is 18.2 Å². The highest BCUT2D eigenvalue weighted by molar-refractivity contribution is 9.10. The van der Waals surface area contributed by atoms with E-state index in [0.717, 1.165) is 0 Å². The number of ether oxygens (including phenoxy) is 1. The first-order valence-corrected chi connectivity index (χ1v) is 6.01. The number of nitrogens with zero attached hydrogens (tertiary/aromatic N) is 2. The molecule has 0 unspecified atom stereocenters. The van der Waals surface area contributed by atoms with Crippen molar-refractivity contribution in [1.82, 2.24) is 9.97 Å². The summed E-state index contributed by atoms with van der Waals surface area (Å²) in [7, 11) is 0. The predicted molar refractivity (Wildman–Crippen MR) is 70.7 cm³/mol. The molecule has 1 aromatic heterocycles. The molecular weight excluding hydrogens is 329 g/mol. The van der Waals surface area contributed by atoms with E-state index in [9.17, 15) is 0 Å². The molecule has 0 atom stereocenters. The van der Waals surface area contributed by atoms with Gasteiger partial charge in [0.05, 0.1) is 4.47 Å². The molecule has 0 saturated heterocycles. The summed E-state index contributed by atoms with van der Waals surface area (Å²) in [5.41, 5.74) is 5.88. The lowest BCUT2D eigenvalue weighted by Crippen LogP contribution is -1.97. The fourth-order valence-electron chi connectivity index (χ4n) is 1.10. The van der Waals surface area contributed by atoms with Crippen LogP contribution < -0.4 is 10.5 Å². The van der Waals surface area contributed by atoms with Crippen LogP contribution in [0.1, 0.15) is 0 Å². The second-order valence-corrected chi connectivity index (χ2v) is 4.71. The van der Waals surface area contributed by atoms with Gasteiger partial charge in [-0.15, -0.1) is 0 Å². The molecule has 0 aliphatic carbocycles. The molecule has 88 valence electrons. The number of aromatic nitrogens is 2. The van der Waals surface area contributed by atoms with Gasteiger partial charge >= 0.3 is 0 Å². The van der Waals surface area contributed by atoms with Crippen LogP contribution in [-0.2, 0) is 0 Å². The second kappa shape index (κ2) is 5.08. The van der Waals surface area contributed by atoms with Gasteiger partial charge in [-0.25, -0.2) is 4.98 Å². The number of halogens is 3. The zero-order valence-electron chi connectivity index (χ0n) is 8.32. The number of nitrogen functional groups attached to an aromatic ring is 1. The maximum atomic E-state index is 5.82. The van der Waals surface area contributed by atoms with Gasteiger partial charge in [0.15, 0.2) is 5.15 Å². The van der Waals surface area contributed by atoms with Crippen LogP contribution in [0.4, 0.5) is 5.69 Å². The standard InChI is InChI=1S/C10H6BrCl2N3O/c11-6-3-5(12)1-2-7(6)17-10-8(14)9(13)15-4-16-10/h1-4H,14H2. The van der Waals surface area contributed by atoms with Crippen LogP contribution in [0.2, 0.25) is 10.2 Å². The number of hydrogen-bond acceptors (Lipinski definition) is 4. The Morgan fingerprint density at radius 1 is 1.24 bits per heavy atom. The molecule has 17 heavy (non-hydrogen) atoms. The molecule has 0 aliphatic rings. The average Bonchev–Trinajstić information content (AvgIpc) is 2.28. The monoisotopic (exact) mass is 333 g/mol. The number of benzene rings is 1. The van der Waals surface area contributed by atoms with Crippen LogP contribution in [0.3, 0.4) is 0 Å². The van der Waals surface area contributed by atoms with Gasteiger partial charge in [-0.1, -0.05) is 23.2 Å². The summed E-state index contributed by atoms with van der Waals surface area (Å²) in [6.07, 6.45) is 1.28. The molecule has 0 spiro atoms. The van der Waals surface area contributed by atoms with Crippen LogP contribution in [0.25, 0.3) is 0 Å². The number of rotatable bonds is 2. The van der Waals surface area contributed by atoms with Crippen molar-refractivity contribution in [1.29, 1.82) is 0 Å². The second-order valence-electron chi connectivity index (χ2n) is 3.06. The van der Waals surface area contributed by atoms with Gasteiger partial charge in [0.25, 0.3) is 0 Å². The summed E-state index contributed by atoms with van der Waals surface area (Å²) in [4.78, 5) is 7.64. The summed E-state index contributed by atoms with van der Waals surface area (Å²) in [6, 6.07) is 5.10. The number of hydrogen-bond donors (Lipinski definition) is 1. The molecule has 4 nitrogen and oxygen atoms in total. The van der Waals surface area contributed by atoms with E-state index in [-0.39, 0.29) is 16.7 Å². The Balaban J connectivity index is 2.35. The van der Waals surface area contributed by atoms with E-state index in [1.165, 1.54) is 6.33 Å². The molecule has 0 aliphatic heterocycles. The molecule has 0 saturated carbocycles. The maximum absolute atomic E-state index is 5.82. The molecule has 7 heteroatoms. The Morgan fingerprint density at radius 3 is 2.71 bits per heavy atom. The highest BCUT2D eigenvalue weighted by Crippen LogP contribution is 2.34. The van der Waals surface area contributed by atoms with Gasteiger partial charge in [-0.3, -0.25) is 0 Å². The molecule has 2 rings (SSSR count). The smallest absolute Gasteiger partial charge is 0.247 e. The van der Waals surface area contributed by atoms with Gasteiger partial charge in [0, 0.05) is 5.02 Å². The van der Waals surface area contributed by atoms with E-state index in [0.29, 0.717) is 15.2 Å². The third kappa shape index (κ3) is 2.80. The zero-order chi connectivity index (χ0) is 12.4. The van der Waals surface area contributed by atoms with Gasteiger partial charge < -0.3 is 10.5 Å². The Bertz CT molecular complexity index is 565. The van der Waals surface area contributed by atoms with Crippen molar-refractivity contribution in [2.45, 2.75) is 0 Å². The molecule has 0 amide bonds. The Morgan fingerprint density at radius 2 is 2.00 bits per heavy atom. The molecular formula is C10H6BrCl2N3O. The summed E-state index contributed by atoms with van der Waals surface area (Å²) in [5.74, 6) is 0.740. The van der Waals surface area contributed by atoms with Gasteiger partial charge in [-0.05, 0) is 34.1 Å². The molecule has 1 heterocycles. The minimum Gasteiger partial charge on any atom is -0.436 e. The van der Waals surface area contributed by atoms with Crippen LogP contribution in [-0.4, -0.2) is 9.97 Å². The predicted octanol–water partition coefficient (Wildman–Crippen LogP) is 3.92. The summed E-state index contributed by atoms with van der Waals surface area (Å²) >= 11 is 14.9. The Hall–Kier alpha value is -1.04. The van der Waals surface area contributed by atoms with Crippen molar-refractivity contribution in [3.63, 3.8) is 0 Å². The topological polar surface area (TPSA) is 61.0 Å². The van der Waals surface area contributed by atoms with Crippen molar-refractivity contribution in [2.24, 2.45) is 0 Å². The van der Waals surface area contributed by atoms with Gasteiger partial charge in [-0.2, -0.15) is 4.98 Å². The highest BCUT2D eigenvalue weighted by atomic mass is 79.9. The van der Waals surface area contributed by atoms with E-state index in [2.05, 4.69) is 25.9 Å². The fraction of sp³-hybridized carbons (Fsp3) is 0. The van der Waals surface area contributed by atoms with E-state index in [1.807, 2.05) is 0 Å². The highest BCUT2D eigenvalue weighted by Gasteiger charge is 2.10. The average molecular weight is 335 g/mol. The van der Waals surface area contributed by atoms with Crippen molar-refractivity contribution in [3.8, 4) is 11.6 Å². The first kappa shape index (κ1) is 12.4. The van der Waals surface area contributed by atoms with Crippen LogP contribution in [0.5, 0.6) is 11.6 Å². The minimum absolute atomic E-state index is 0.153. The van der Waals surface area contributed by atoms with Crippen LogP contribution in [0.15, 0.2) is 29.0 Å². The summed E-state index contributed by atoms with van der Waals surface area (Å²) < 4.78 is 6.20. The molecule has 2 N–H and O–H groups in total. The molecule has 0 fully saturated rings. The fourth-order valence-corrected chi connectivity index (χ4v) is 1.99. The zero-order valence-corrected chi connectivity index (χ0v) is 11.4. The third-order valence-electron chi connectivity index (χ3n) is 1.90. The van der Waals surface area contributed by atoms with Gasteiger partial charge in [0.1, 0.15) is 17.8 Å². The molecule has 1 aromatic carbocycles. The van der Waals surface area contributed by atoms with Gasteiger partial charge in [0.2, 0.25) is 5.88 Å². The lowest BCUT2D eigenvalue weighted by atomic mass is 10.3. The van der Waals surface area contributed by atoms with E-state index >= 15 is 0 Å². The molecule has 2 aromatic rings. The van der Waals surface area contributed by atoms with Crippen LogP contribution in [0, 0.1) is 0 Å². The normalized spacial score (nSPS) is 10.3. The molecule has 0 radical (unpaired) electrons. The van der Waals surface area contributed by atoms with Crippen molar-refractivity contribution in [3.05, 3.63) is 39.2 Å². The largest absolute Gasteiger partial charge is 0.436 e. The SMILES string of the molecule is Nc1c(Cl)ncnc1Oc1ccc(Cl)cc1Br. The Labute approximate surface area is 116 Å². The van der Waals surface area contributed by atoms with E-state index < -0.39 is 0 Å².